The monoisotopic (exact) mass is 486 g/mol. The third-order valence-electron chi connectivity index (χ3n) is 4.56. The first-order valence-electron chi connectivity index (χ1n) is 12.4. The Balaban J connectivity index is 3.99. The number of ether oxygens (including phenoxy) is 3. The fraction of sp³-hybridized carbons (Fsp3) is 0.483. The van der Waals surface area contributed by atoms with Crippen molar-refractivity contribution in [1.29, 1.82) is 0 Å². The molecule has 1 atom stereocenters. The van der Waals surface area contributed by atoms with Crippen LogP contribution in [0.2, 0.25) is 0 Å². The van der Waals surface area contributed by atoms with Crippen molar-refractivity contribution in [2.75, 3.05) is 13.2 Å². The quantitative estimate of drug-likeness (QED) is 0.0681. The zero-order valence-electron chi connectivity index (χ0n) is 21.5. The van der Waals surface area contributed by atoms with E-state index < -0.39 is 24.0 Å². The van der Waals surface area contributed by atoms with Crippen molar-refractivity contribution in [3.63, 3.8) is 0 Å². The number of allylic oxidation sites excluding steroid dienone is 11. The zero-order valence-corrected chi connectivity index (χ0v) is 21.5. The number of rotatable bonds is 19. The van der Waals surface area contributed by atoms with Gasteiger partial charge in [-0.05, 0) is 12.8 Å². The third kappa shape index (κ3) is 25.3. The summed E-state index contributed by atoms with van der Waals surface area (Å²) in [5.74, 6) is -1.66. The number of hydrogen-bond donors (Lipinski definition) is 0. The summed E-state index contributed by atoms with van der Waals surface area (Å²) in [4.78, 5) is 33.6. The van der Waals surface area contributed by atoms with Crippen molar-refractivity contribution in [2.24, 2.45) is 0 Å². The molecule has 0 aliphatic heterocycles. The van der Waals surface area contributed by atoms with E-state index in [1.165, 1.54) is 64.9 Å². The lowest BCUT2D eigenvalue weighted by Crippen LogP contribution is -2.29. The zero-order chi connectivity index (χ0) is 26.0. The van der Waals surface area contributed by atoms with Gasteiger partial charge in [0.25, 0.3) is 0 Å². The van der Waals surface area contributed by atoms with Crippen LogP contribution < -0.4 is 0 Å². The van der Waals surface area contributed by atoms with Gasteiger partial charge in [0.1, 0.15) is 13.2 Å². The second-order valence-electron chi connectivity index (χ2n) is 7.90. The first-order chi connectivity index (χ1) is 17.0. The fourth-order valence-corrected chi connectivity index (χ4v) is 2.83. The normalized spacial score (nSPS) is 13.1. The summed E-state index contributed by atoms with van der Waals surface area (Å²) in [6.45, 7) is 4.34. The van der Waals surface area contributed by atoms with Gasteiger partial charge in [-0.15, -0.1) is 0 Å². The summed E-state index contributed by atoms with van der Waals surface area (Å²) in [7, 11) is 0. The van der Waals surface area contributed by atoms with Crippen LogP contribution >= 0.6 is 0 Å². The van der Waals surface area contributed by atoms with E-state index in [2.05, 4.69) is 19.1 Å². The van der Waals surface area contributed by atoms with Gasteiger partial charge < -0.3 is 14.2 Å². The Bertz CT molecular complexity index is 755. The molecule has 0 fully saturated rings. The lowest BCUT2D eigenvalue weighted by atomic mass is 10.1. The van der Waals surface area contributed by atoms with E-state index in [4.69, 9.17) is 14.2 Å². The van der Waals surface area contributed by atoms with E-state index in [1.54, 1.807) is 18.2 Å². The highest BCUT2D eigenvalue weighted by Crippen LogP contribution is 2.08. The van der Waals surface area contributed by atoms with E-state index in [9.17, 15) is 14.4 Å². The van der Waals surface area contributed by atoms with Gasteiger partial charge in [-0.25, -0.2) is 4.79 Å². The summed E-state index contributed by atoms with van der Waals surface area (Å²) >= 11 is 0. The van der Waals surface area contributed by atoms with Gasteiger partial charge in [0.05, 0.1) is 0 Å². The van der Waals surface area contributed by atoms with Crippen molar-refractivity contribution in [2.45, 2.75) is 78.2 Å². The molecule has 0 radical (unpaired) electrons. The predicted molar refractivity (Wildman–Crippen MR) is 141 cm³/mol. The highest BCUT2D eigenvalue weighted by atomic mass is 16.6. The fourth-order valence-electron chi connectivity index (χ4n) is 2.83. The lowest BCUT2D eigenvalue weighted by Gasteiger charge is -2.16. The second-order valence-corrected chi connectivity index (χ2v) is 7.90. The molecule has 0 amide bonds. The molecule has 35 heavy (non-hydrogen) atoms. The Morgan fingerprint density at radius 2 is 1.14 bits per heavy atom. The van der Waals surface area contributed by atoms with E-state index in [0.717, 1.165) is 6.42 Å². The van der Waals surface area contributed by atoms with Gasteiger partial charge in [-0.3, -0.25) is 9.59 Å². The molecule has 0 bridgehead atoms. The van der Waals surface area contributed by atoms with Crippen LogP contribution in [0.4, 0.5) is 0 Å². The topological polar surface area (TPSA) is 78.9 Å². The van der Waals surface area contributed by atoms with Gasteiger partial charge in [0.15, 0.2) is 6.10 Å². The minimum absolute atomic E-state index is 0.172. The van der Waals surface area contributed by atoms with Gasteiger partial charge in [0.2, 0.25) is 0 Å². The minimum atomic E-state index is -0.839. The average molecular weight is 487 g/mol. The maximum Gasteiger partial charge on any atom is 0.330 e. The summed E-state index contributed by atoms with van der Waals surface area (Å²) in [5.41, 5.74) is 0. The van der Waals surface area contributed by atoms with Gasteiger partial charge in [-0.2, -0.15) is 0 Å². The molecule has 0 spiro atoms. The number of unbranched alkanes of at least 4 members (excludes halogenated alkanes) is 7. The molecule has 0 aromatic heterocycles. The maximum absolute atomic E-state index is 11.7. The van der Waals surface area contributed by atoms with Crippen molar-refractivity contribution in [1.82, 2.24) is 0 Å². The highest BCUT2D eigenvalue weighted by Gasteiger charge is 2.16. The first-order valence-corrected chi connectivity index (χ1v) is 12.4. The van der Waals surface area contributed by atoms with Crippen LogP contribution in [-0.4, -0.2) is 37.2 Å². The molecular weight excluding hydrogens is 444 g/mol. The summed E-state index contributed by atoms with van der Waals surface area (Å²) in [5, 5.41) is 0. The number of hydrogen-bond acceptors (Lipinski definition) is 6. The smallest absolute Gasteiger partial charge is 0.330 e. The molecular formula is C29H42O6. The van der Waals surface area contributed by atoms with E-state index >= 15 is 0 Å². The number of esters is 3. The molecule has 6 heteroatoms. The Hall–Kier alpha value is -3.15. The van der Waals surface area contributed by atoms with Gasteiger partial charge >= 0.3 is 17.9 Å². The summed E-state index contributed by atoms with van der Waals surface area (Å²) in [6, 6.07) is 0. The van der Waals surface area contributed by atoms with Crippen molar-refractivity contribution in [3.8, 4) is 0 Å². The lowest BCUT2D eigenvalue weighted by molar-refractivity contribution is -0.163. The average Bonchev–Trinajstić information content (AvgIpc) is 2.82. The molecule has 0 rings (SSSR count). The maximum atomic E-state index is 11.7. The van der Waals surface area contributed by atoms with Crippen molar-refractivity contribution in [3.05, 3.63) is 72.9 Å². The van der Waals surface area contributed by atoms with Crippen LogP contribution in [0.25, 0.3) is 0 Å². The number of carbonyl (C=O) groups excluding carboxylic acids is 3. The summed E-state index contributed by atoms with van der Waals surface area (Å²) in [6.07, 6.45) is 31.8. The Kier molecular flexibility index (Phi) is 21.8. The van der Waals surface area contributed by atoms with E-state index in [0.29, 0.717) is 0 Å². The Morgan fingerprint density at radius 3 is 1.71 bits per heavy atom. The SMILES string of the molecule is CCCCCCCCCC=CC=CC=CC=CC=CC=CC(=O)OCC(COC(C)=O)OC(C)=O. The van der Waals surface area contributed by atoms with Crippen LogP contribution in [-0.2, 0) is 28.6 Å². The Labute approximate surface area is 211 Å². The van der Waals surface area contributed by atoms with Crippen LogP contribution in [0.1, 0.15) is 72.1 Å². The third-order valence-corrected chi connectivity index (χ3v) is 4.56. The molecule has 1 unspecified atom stereocenters. The molecule has 0 aliphatic carbocycles. The van der Waals surface area contributed by atoms with Crippen LogP contribution in [0.5, 0.6) is 0 Å². The van der Waals surface area contributed by atoms with Gasteiger partial charge in [0, 0.05) is 19.9 Å². The minimum Gasteiger partial charge on any atom is -0.462 e. The number of carbonyl (C=O) groups is 3. The van der Waals surface area contributed by atoms with Crippen LogP contribution in [0, 0.1) is 0 Å². The molecule has 0 N–H and O–H groups in total. The molecule has 0 saturated heterocycles. The van der Waals surface area contributed by atoms with E-state index in [1.807, 2.05) is 36.5 Å². The molecule has 6 nitrogen and oxygen atoms in total. The van der Waals surface area contributed by atoms with Crippen LogP contribution in [0.3, 0.4) is 0 Å². The molecule has 0 aromatic carbocycles. The van der Waals surface area contributed by atoms with Gasteiger partial charge in [-0.1, -0.05) is 112 Å². The molecule has 0 saturated carbocycles. The first kappa shape index (κ1) is 31.9. The van der Waals surface area contributed by atoms with Crippen molar-refractivity contribution >= 4 is 17.9 Å². The highest BCUT2D eigenvalue weighted by molar-refractivity contribution is 5.82. The van der Waals surface area contributed by atoms with Crippen molar-refractivity contribution < 1.29 is 28.6 Å². The largest absolute Gasteiger partial charge is 0.462 e. The molecule has 194 valence electrons. The second kappa shape index (κ2) is 24.0. The standard InChI is InChI=1S/C29H42O6/c1-4-5-6-7-8-9-10-11-12-13-14-15-16-17-18-19-20-21-22-23-29(32)34-25-28(35-27(3)31)24-33-26(2)30/h12-23,28H,4-11,24-25H2,1-3H3. The summed E-state index contributed by atoms with van der Waals surface area (Å²) < 4.78 is 14.7. The Morgan fingerprint density at radius 1 is 0.629 bits per heavy atom. The molecule has 0 heterocycles. The predicted octanol–water partition coefficient (Wildman–Crippen LogP) is 6.50. The molecule has 0 aliphatic rings. The van der Waals surface area contributed by atoms with E-state index in [-0.39, 0.29) is 13.2 Å². The van der Waals surface area contributed by atoms with Crippen LogP contribution in [0.15, 0.2) is 72.9 Å². The molecule has 0 aromatic rings.